The molecule has 0 aliphatic carbocycles. The number of fused-ring (bicyclic) bond motifs is 4. The zero-order valence-corrected chi connectivity index (χ0v) is 28.2. The number of epoxide rings is 1. The fourth-order valence-corrected chi connectivity index (χ4v) is 8.14. The summed E-state index contributed by atoms with van der Waals surface area (Å²) in [6.07, 6.45) is 4.86. The first kappa shape index (κ1) is 31.3. The maximum Gasteiger partial charge on any atom is 0.410 e. The van der Waals surface area contributed by atoms with Gasteiger partial charge in [0.2, 0.25) is 0 Å². The van der Waals surface area contributed by atoms with Crippen LogP contribution in [0, 0.1) is 11.2 Å². The molecule has 11 heteroatoms. The third-order valence-corrected chi connectivity index (χ3v) is 10.7. The average molecular weight is 658 g/mol. The van der Waals surface area contributed by atoms with E-state index in [2.05, 4.69) is 38.7 Å². The second kappa shape index (κ2) is 11.6. The van der Waals surface area contributed by atoms with Gasteiger partial charge in [0.25, 0.3) is 0 Å². The van der Waals surface area contributed by atoms with Crippen molar-refractivity contribution in [3.05, 3.63) is 71.1 Å². The maximum atomic E-state index is 15.9. The Labute approximate surface area is 280 Å². The number of likely N-dealkylation sites (tertiary alicyclic amines) is 1. The zero-order chi connectivity index (χ0) is 33.4. The number of carbonyl (C=O) groups is 2. The van der Waals surface area contributed by atoms with Gasteiger partial charge < -0.3 is 28.6 Å². The monoisotopic (exact) mass is 657 g/mol. The normalized spacial score (nSPS) is 23.2. The number of amides is 1. The fourth-order valence-electron chi connectivity index (χ4n) is 8.14. The fraction of sp³-hybridized carbons (Fsp3) is 0.541. The highest BCUT2D eigenvalue weighted by atomic mass is 19.1. The van der Waals surface area contributed by atoms with Crippen LogP contribution >= 0.6 is 0 Å². The Morgan fingerprint density at radius 1 is 1.08 bits per heavy atom. The van der Waals surface area contributed by atoms with Crippen molar-refractivity contribution in [2.45, 2.75) is 90.4 Å². The van der Waals surface area contributed by atoms with E-state index in [1.165, 1.54) is 0 Å². The van der Waals surface area contributed by atoms with Crippen molar-refractivity contribution in [2.75, 3.05) is 37.7 Å². The number of aryl methyl sites for hydroxylation is 1. The summed E-state index contributed by atoms with van der Waals surface area (Å²) in [5, 5.41) is 0. The van der Waals surface area contributed by atoms with Crippen molar-refractivity contribution in [3.63, 3.8) is 0 Å². The van der Waals surface area contributed by atoms with E-state index >= 15 is 4.39 Å². The van der Waals surface area contributed by atoms with Crippen LogP contribution in [0.15, 0.2) is 42.7 Å². The van der Waals surface area contributed by atoms with E-state index in [1.54, 1.807) is 19.3 Å². The number of imidazole rings is 1. The molecule has 1 aromatic heterocycles. The van der Waals surface area contributed by atoms with E-state index < -0.39 is 11.6 Å². The number of ether oxygens (including phenoxy) is 3. The Balaban J connectivity index is 0.949. The second-order valence-corrected chi connectivity index (χ2v) is 15.0. The smallest absolute Gasteiger partial charge is 0.410 e. The highest BCUT2D eigenvalue weighted by Crippen LogP contribution is 2.52. The van der Waals surface area contributed by atoms with Gasteiger partial charge in [-0.05, 0) is 94.3 Å². The van der Waals surface area contributed by atoms with Crippen molar-refractivity contribution >= 4 is 17.7 Å². The Morgan fingerprint density at radius 3 is 2.54 bits per heavy atom. The number of hydrogen-bond donors (Lipinski definition) is 0. The lowest BCUT2D eigenvalue weighted by molar-refractivity contribution is -0.151. The van der Waals surface area contributed by atoms with Crippen molar-refractivity contribution in [3.8, 4) is 11.1 Å². The van der Waals surface area contributed by atoms with Gasteiger partial charge in [-0.2, -0.15) is 0 Å². The number of piperidine rings is 1. The van der Waals surface area contributed by atoms with Gasteiger partial charge >= 0.3 is 12.1 Å². The summed E-state index contributed by atoms with van der Waals surface area (Å²) < 4.78 is 35.2. The SMILES string of the molecule is CCOC(=O)C(c1ncn2c1CCC2)N1Cc2c(F)cc(-c3ccc(N4CCC5(CC4)CN(C(=O)OC(C)(C)C)C5)cc3)cc2C2OC21. The maximum absolute atomic E-state index is 15.9. The molecule has 0 saturated carbocycles. The molecule has 3 aromatic rings. The van der Waals surface area contributed by atoms with E-state index in [-0.39, 0.29) is 48.8 Å². The topological polar surface area (TPSA) is 92.7 Å². The quantitative estimate of drug-likeness (QED) is 0.236. The van der Waals surface area contributed by atoms with Gasteiger partial charge in [0.15, 0.2) is 6.04 Å². The molecule has 0 N–H and O–H groups in total. The molecule has 3 unspecified atom stereocenters. The van der Waals surface area contributed by atoms with E-state index in [1.807, 2.05) is 36.6 Å². The third-order valence-electron chi connectivity index (χ3n) is 10.7. The Hall–Kier alpha value is -3.96. The molecule has 8 rings (SSSR count). The first-order valence-electron chi connectivity index (χ1n) is 17.3. The molecule has 10 nitrogen and oxygen atoms in total. The van der Waals surface area contributed by atoms with Crippen LogP contribution in [0.25, 0.3) is 11.1 Å². The first-order chi connectivity index (χ1) is 23.0. The number of esters is 1. The van der Waals surface area contributed by atoms with Crippen LogP contribution in [-0.4, -0.2) is 76.0 Å². The number of rotatable bonds is 6. The minimum Gasteiger partial charge on any atom is -0.465 e. The van der Waals surface area contributed by atoms with E-state index in [9.17, 15) is 9.59 Å². The first-order valence-corrected chi connectivity index (χ1v) is 17.3. The minimum atomic E-state index is -0.744. The molecular formula is C37H44FN5O5. The molecule has 48 heavy (non-hydrogen) atoms. The molecule has 3 fully saturated rings. The predicted octanol–water partition coefficient (Wildman–Crippen LogP) is 5.99. The van der Waals surface area contributed by atoms with Crippen molar-refractivity contribution in [1.82, 2.24) is 19.4 Å². The standard InChI is InChI=1S/C37H44FN5O5/c1-5-46-34(44)31(30-29-7-6-14-41(29)22-39-30)43-19-27-26(32-33(43)47-32)17-24(18-28(27)38)23-8-10-25(11-9-23)40-15-12-37(13-16-40)20-42(21-37)35(45)48-36(2,3)4/h8-11,17-18,22,31-33H,5-7,12-16,19-21H2,1-4H3. The van der Waals surface area contributed by atoms with Gasteiger partial charge in [-0.25, -0.2) is 19.0 Å². The summed E-state index contributed by atoms with van der Waals surface area (Å²) in [7, 11) is 0. The lowest BCUT2D eigenvalue weighted by Gasteiger charge is -2.54. The third kappa shape index (κ3) is 5.54. The van der Waals surface area contributed by atoms with E-state index in [0.717, 1.165) is 86.5 Å². The molecule has 254 valence electrons. The summed E-state index contributed by atoms with van der Waals surface area (Å²) >= 11 is 0. The van der Waals surface area contributed by atoms with Crippen LogP contribution < -0.4 is 4.90 Å². The lowest BCUT2D eigenvalue weighted by Crippen LogP contribution is -2.62. The number of anilines is 1. The van der Waals surface area contributed by atoms with Gasteiger partial charge in [-0.3, -0.25) is 4.90 Å². The molecule has 3 atom stereocenters. The van der Waals surface area contributed by atoms with Crippen molar-refractivity contribution in [1.29, 1.82) is 0 Å². The molecule has 5 aliphatic rings. The summed E-state index contributed by atoms with van der Waals surface area (Å²) in [6, 6.07) is 11.2. The van der Waals surface area contributed by atoms with Crippen LogP contribution in [0.1, 0.15) is 81.6 Å². The largest absolute Gasteiger partial charge is 0.465 e. The van der Waals surface area contributed by atoms with Crippen LogP contribution in [0.5, 0.6) is 0 Å². The Bertz CT molecular complexity index is 1730. The molecule has 2 aromatic carbocycles. The average Bonchev–Trinajstić information content (AvgIpc) is 3.55. The number of nitrogens with zero attached hydrogens (tertiary/aromatic N) is 5. The van der Waals surface area contributed by atoms with E-state index in [0.29, 0.717) is 11.3 Å². The van der Waals surface area contributed by atoms with Crippen LogP contribution in [0.3, 0.4) is 0 Å². The van der Waals surface area contributed by atoms with Gasteiger partial charge in [-0.1, -0.05) is 12.1 Å². The summed E-state index contributed by atoms with van der Waals surface area (Å²) in [4.78, 5) is 36.5. The Kier molecular flexibility index (Phi) is 7.56. The summed E-state index contributed by atoms with van der Waals surface area (Å²) in [5.41, 5.74) is 5.74. The number of carbonyl (C=O) groups excluding carboxylic acids is 2. The second-order valence-electron chi connectivity index (χ2n) is 15.0. The Morgan fingerprint density at radius 2 is 1.83 bits per heavy atom. The molecule has 1 spiro atoms. The van der Waals surface area contributed by atoms with Crippen LogP contribution in [-0.2, 0) is 38.5 Å². The molecule has 6 heterocycles. The lowest BCUT2D eigenvalue weighted by atomic mass is 9.72. The summed E-state index contributed by atoms with van der Waals surface area (Å²) in [5.74, 6) is -0.675. The molecule has 0 bridgehead atoms. The van der Waals surface area contributed by atoms with Gasteiger partial charge in [-0.15, -0.1) is 0 Å². The number of aromatic nitrogens is 2. The number of hydrogen-bond acceptors (Lipinski definition) is 8. The van der Waals surface area contributed by atoms with Gasteiger partial charge in [0.1, 0.15) is 23.8 Å². The number of halogens is 1. The zero-order valence-electron chi connectivity index (χ0n) is 28.2. The minimum absolute atomic E-state index is 0.182. The van der Waals surface area contributed by atoms with Gasteiger partial charge in [0.05, 0.1) is 18.6 Å². The van der Waals surface area contributed by atoms with E-state index in [4.69, 9.17) is 14.2 Å². The highest BCUT2D eigenvalue weighted by molar-refractivity contribution is 5.78. The summed E-state index contributed by atoms with van der Waals surface area (Å²) in [6.45, 7) is 12.3. The van der Waals surface area contributed by atoms with Crippen molar-refractivity contribution < 1.29 is 28.2 Å². The van der Waals surface area contributed by atoms with Crippen molar-refractivity contribution in [2.24, 2.45) is 5.41 Å². The molecule has 3 saturated heterocycles. The number of benzene rings is 2. The van der Waals surface area contributed by atoms with Crippen LogP contribution in [0.2, 0.25) is 0 Å². The van der Waals surface area contributed by atoms with Gasteiger partial charge in [0, 0.05) is 61.6 Å². The molecule has 5 aliphatic heterocycles. The van der Waals surface area contributed by atoms with Crippen LogP contribution in [0.4, 0.5) is 14.9 Å². The molecular weight excluding hydrogens is 613 g/mol. The highest BCUT2D eigenvalue weighted by Gasteiger charge is 2.55. The molecule has 1 amide bonds. The molecule has 0 radical (unpaired) electrons. The predicted molar refractivity (Wildman–Crippen MR) is 177 cm³/mol.